The molecule has 0 unspecified atom stereocenters. The van der Waals surface area contributed by atoms with Crippen molar-refractivity contribution < 1.29 is 9.59 Å². The van der Waals surface area contributed by atoms with E-state index in [4.69, 9.17) is 0 Å². The van der Waals surface area contributed by atoms with Crippen LogP contribution in [0.4, 0.5) is 0 Å². The number of nitrogens with one attached hydrogen (secondary N) is 1. The lowest BCUT2D eigenvalue weighted by Crippen LogP contribution is -2.31. The molecule has 1 atom stereocenters. The fraction of sp³-hybridized carbons (Fsp3) is 0.333. The first-order chi connectivity index (χ1) is 12.1. The van der Waals surface area contributed by atoms with E-state index in [1.165, 1.54) is 12.5 Å². The smallest absolute Gasteiger partial charge is 0.252 e. The second-order valence-corrected chi connectivity index (χ2v) is 6.69. The van der Waals surface area contributed by atoms with E-state index in [0.29, 0.717) is 23.6 Å². The molecule has 130 valence electrons. The Labute approximate surface area is 148 Å². The van der Waals surface area contributed by atoms with E-state index >= 15 is 0 Å². The third-order valence-corrected chi connectivity index (χ3v) is 4.72. The normalized spacial score (nSPS) is 17.4. The van der Waals surface area contributed by atoms with E-state index in [2.05, 4.69) is 34.5 Å². The number of nitrogens with zero attached hydrogens (tertiary/aromatic N) is 1. The Morgan fingerprint density at radius 2 is 1.72 bits per heavy atom. The predicted molar refractivity (Wildman–Crippen MR) is 98.6 cm³/mol. The van der Waals surface area contributed by atoms with Gasteiger partial charge in [0.25, 0.3) is 5.91 Å². The summed E-state index contributed by atoms with van der Waals surface area (Å²) in [6, 6.07) is 17.4. The van der Waals surface area contributed by atoms with Crippen LogP contribution in [0.15, 0.2) is 54.6 Å². The zero-order valence-electron chi connectivity index (χ0n) is 14.6. The summed E-state index contributed by atoms with van der Waals surface area (Å²) >= 11 is 0. The average Bonchev–Trinajstić information content (AvgIpc) is 3.08. The molecule has 1 fully saturated rings. The Bertz CT molecular complexity index is 743. The maximum absolute atomic E-state index is 12.4. The first-order valence-electron chi connectivity index (χ1n) is 8.78. The van der Waals surface area contributed by atoms with Crippen molar-refractivity contribution in [1.29, 1.82) is 0 Å². The number of hydrogen-bond donors (Lipinski definition) is 1. The number of carbonyl (C=O) groups excluding carboxylic acids is 2. The molecule has 4 heteroatoms. The van der Waals surface area contributed by atoms with E-state index in [1.54, 1.807) is 24.3 Å². The predicted octanol–water partition coefficient (Wildman–Crippen LogP) is 3.14. The van der Waals surface area contributed by atoms with Gasteiger partial charge < -0.3 is 5.32 Å². The van der Waals surface area contributed by atoms with Gasteiger partial charge in [0.2, 0.25) is 0 Å². The quantitative estimate of drug-likeness (QED) is 0.825. The standard InChI is InChI=1S/C21H24N2O2/c1-16(24)19-9-5-6-10-20(19)21(25)22-13-18-11-12-23(15-18)14-17-7-3-2-4-8-17/h2-10,18H,11-15H2,1H3,(H,22,25)/t18-/m0/s1. The van der Waals surface area contributed by atoms with Crippen molar-refractivity contribution in [3.8, 4) is 0 Å². The first-order valence-corrected chi connectivity index (χ1v) is 8.78. The van der Waals surface area contributed by atoms with Gasteiger partial charge in [-0.25, -0.2) is 0 Å². The van der Waals surface area contributed by atoms with Crippen LogP contribution < -0.4 is 5.32 Å². The summed E-state index contributed by atoms with van der Waals surface area (Å²) in [4.78, 5) is 26.5. The summed E-state index contributed by atoms with van der Waals surface area (Å²) < 4.78 is 0. The van der Waals surface area contributed by atoms with Crippen LogP contribution in [0.1, 0.15) is 39.6 Å². The lowest BCUT2D eigenvalue weighted by molar-refractivity contribution is 0.0933. The van der Waals surface area contributed by atoms with Gasteiger partial charge in [-0.1, -0.05) is 48.5 Å². The zero-order chi connectivity index (χ0) is 17.6. The van der Waals surface area contributed by atoms with Crippen molar-refractivity contribution in [2.24, 2.45) is 5.92 Å². The van der Waals surface area contributed by atoms with Gasteiger partial charge in [-0.3, -0.25) is 14.5 Å². The topological polar surface area (TPSA) is 49.4 Å². The second-order valence-electron chi connectivity index (χ2n) is 6.69. The molecule has 0 saturated carbocycles. The number of benzene rings is 2. The van der Waals surface area contributed by atoms with Gasteiger partial charge in [0, 0.05) is 25.2 Å². The van der Waals surface area contributed by atoms with Crippen LogP contribution in [0.3, 0.4) is 0 Å². The highest BCUT2D eigenvalue weighted by Crippen LogP contribution is 2.18. The molecule has 1 aliphatic heterocycles. The number of hydrogen-bond acceptors (Lipinski definition) is 3. The van der Waals surface area contributed by atoms with Gasteiger partial charge >= 0.3 is 0 Å². The number of ketones is 1. The molecule has 1 amide bonds. The molecular weight excluding hydrogens is 312 g/mol. The highest BCUT2D eigenvalue weighted by molar-refractivity contribution is 6.07. The zero-order valence-corrected chi connectivity index (χ0v) is 14.6. The summed E-state index contributed by atoms with van der Waals surface area (Å²) in [5.74, 6) is 0.213. The summed E-state index contributed by atoms with van der Waals surface area (Å²) in [5, 5.41) is 3.00. The first kappa shape index (κ1) is 17.4. The molecule has 0 spiro atoms. The van der Waals surface area contributed by atoms with E-state index in [1.807, 2.05) is 6.07 Å². The molecule has 4 nitrogen and oxygen atoms in total. The van der Waals surface area contributed by atoms with Gasteiger partial charge in [0.05, 0.1) is 5.56 Å². The highest BCUT2D eigenvalue weighted by Gasteiger charge is 2.23. The summed E-state index contributed by atoms with van der Waals surface area (Å²) in [7, 11) is 0. The van der Waals surface area contributed by atoms with E-state index < -0.39 is 0 Å². The van der Waals surface area contributed by atoms with Gasteiger partial charge in [0.15, 0.2) is 5.78 Å². The molecule has 1 saturated heterocycles. The molecule has 1 heterocycles. The third kappa shape index (κ3) is 4.54. The van der Waals surface area contributed by atoms with Crippen molar-refractivity contribution >= 4 is 11.7 Å². The van der Waals surface area contributed by atoms with Crippen LogP contribution in [0.25, 0.3) is 0 Å². The van der Waals surface area contributed by atoms with Crippen molar-refractivity contribution in [2.75, 3.05) is 19.6 Å². The molecule has 3 rings (SSSR count). The van der Waals surface area contributed by atoms with Crippen molar-refractivity contribution in [3.05, 3.63) is 71.3 Å². The summed E-state index contributed by atoms with van der Waals surface area (Å²) in [6.45, 7) is 5.14. The fourth-order valence-electron chi connectivity index (χ4n) is 3.39. The van der Waals surface area contributed by atoms with Crippen LogP contribution in [-0.4, -0.2) is 36.2 Å². The molecule has 0 aliphatic carbocycles. The second kappa shape index (κ2) is 8.08. The lowest BCUT2D eigenvalue weighted by atomic mass is 10.0. The summed E-state index contributed by atoms with van der Waals surface area (Å²) in [6.07, 6.45) is 1.08. The average molecular weight is 336 g/mol. The number of Topliss-reactive ketones (excluding diaryl/α,β-unsaturated/α-hetero) is 1. The Balaban J connectivity index is 1.51. The molecule has 2 aromatic rings. The Hall–Kier alpha value is -2.46. The van der Waals surface area contributed by atoms with Gasteiger partial charge in [0.1, 0.15) is 0 Å². The molecule has 1 aliphatic rings. The number of rotatable bonds is 6. The Morgan fingerprint density at radius 3 is 2.44 bits per heavy atom. The van der Waals surface area contributed by atoms with Crippen LogP contribution in [0.2, 0.25) is 0 Å². The SMILES string of the molecule is CC(=O)c1ccccc1C(=O)NC[C@@H]1CCN(Cc2ccccc2)C1. The number of amides is 1. The maximum Gasteiger partial charge on any atom is 0.252 e. The third-order valence-electron chi connectivity index (χ3n) is 4.72. The van der Waals surface area contributed by atoms with Crippen molar-refractivity contribution in [1.82, 2.24) is 10.2 Å². The van der Waals surface area contributed by atoms with Gasteiger partial charge in [-0.2, -0.15) is 0 Å². The molecule has 2 aromatic carbocycles. The largest absolute Gasteiger partial charge is 0.352 e. The maximum atomic E-state index is 12.4. The van der Waals surface area contributed by atoms with Crippen molar-refractivity contribution in [2.45, 2.75) is 19.9 Å². The highest BCUT2D eigenvalue weighted by atomic mass is 16.2. The molecule has 25 heavy (non-hydrogen) atoms. The fourth-order valence-corrected chi connectivity index (χ4v) is 3.39. The number of carbonyl (C=O) groups is 2. The van der Waals surface area contributed by atoms with Crippen molar-refractivity contribution in [3.63, 3.8) is 0 Å². The van der Waals surface area contributed by atoms with Crippen LogP contribution in [0.5, 0.6) is 0 Å². The summed E-state index contributed by atoms with van der Waals surface area (Å²) in [5.41, 5.74) is 2.27. The Kier molecular flexibility index (Phi) is 5.61. The molecule has 1 N–H and O–H groups in total. The Morgan fingerprint density at radius 1 is 1.04 bits per heavy atom. The van der Waals surface area contributed by atoms with Gasteiger partial charge in [-0.15, -0.1) is 0 Å². The molecule has 0 bridgehead atoms. The minimum absolute atomic E-state index is 0.0827. The van der Waals surface area contributed by atoms with Gasteiger partial charge in [-0.05, 0) is 37.4 Å². The van der Waals surface area contributed by atoms with E-state index in [9.17, 15) is 9.59 Å². The minimum Gasteiger partial charge on any atom is -0.352 e. The van der Waals surface area contributed by atoms with Crippen LogP contribution in [-0.2, 0) is 6.54 Å². The molecular formula is C21H24N2O2. The van der Waals surface area contributed by atoms with E-state index in [-0.39, 0.29) is 11.7 Å². The molecule has 0 aromatic heterocycles. The minimum atomic E-state index is -0.160. The van der Waals surface area contributed by atoms with Crippen LogP contribution in [0, 0.1) is 5.92 Å². The number of likely N-dealkylation sites (tertiary alicyclic amines) is 1. The van der Waals surface area contributed by atoms with Crippen LogP contribution >= 0.6 is 0 Å². The lowest BCUT2D eigenvalue weighted by Gasteiger charge is -2.16. The molecule has 0 radical (unpaired) electrons. The van der Waals surface area contributed by atoms with E-state index in [0.717, 1.165) is 26.1 Å². The monoisotopic (exact) mass is 336 g/mol.